The lowest BCUT2D eigenvalue weighted by Gasteiger charge is -2.23. The average Bonchev–Trinajstić information content (AvgIpc) is 2.59. The van der Waals surface area contributed by atoms with Gasteiger partial charge in [0.05, 0.1) is 5.92 Å². The number of carbonyl (C=O) groups excluding carboxylic acids is 1. The molecular weight excluding hydrogens is 176 g/mol. The highest BCUT2D eigenvalue weighted by molar-refractivity contribution is 5.77. The van der Waals surface area contributed by atoms with Crippen molar-refractivity contribution in [3.8, 4) is 0 Å². The first-order chi connectivity index (χ1) is 6.46. The molecule has 2 rings (SSSR count). The van der Waals surface area contributed by atoms with Gasteiger partial charge in [-0.1, -0.05) is 11.6 Å². The Kier molecular flexibility index (Phi) is 2.17. The molecule has 0 aromatic carbocycles. The molecule has 0 amide bonds. The minimum atomic E-state index is -0.348. The second-order valence-electron chi connectivity index (χ2n) is 5.41. The van der Waals surface area contributed by atoms with E-state index in [9.17, 15) is 4.79 Å². The van der Waals surface area contributed by atoms with E-state index in [2.05, 4.69) is 6.08 Å². The zero-order chi connectivity index (χ0) is 10.3. The summed E-state index contributed by atoms with van der Waals surface area (Å²) in [5, 5.41) is 0. The quantitative estimate of drug-likeness (QED) is 0.474. The molecule has 2 nitrogen and oxygen atoms in total. The maximum Gasteiger partial charge on any atom is 0.313 e. The molecule has 2 unspecified atom stereocenters. The van der Waals surface area contributed by atoms with E-state index in [4.69, 9.17) is 4.74 Å². The number of fused-ring (bicyclic) bond motifs is 2. The van der Waals surface area contributed by atoms with E-state index in [0.717, 1.165) is 18.8 Å². The first-order valence-corrected chi connectivity index (χ1v) is 5.37. The minimum Gasteiger partial charge on any atom is -0.460 e. The van der Waals surface area contributed by atoms with Gasteiger partial charge in [-0.25, -0.2) is 0 Å². The summed E-state index contributed by atoms with van der Waals surface area (Å²) in [6, 6.07) is 0. The zero-order valence-electron chi connectivity index (χ0n) is 9.17. The van der Waals surface area contributed by atoms with Crippen LogP contribution in [0.1, 0.15) is 40.0 Å². The van der Waals surface area contributed by atoms with Crippen LogP contribution in [0.2, 0.25) is 0 Å². The van der Waals surface area contributed by atoms with Crippen LogP contribution in [-0.2, 0) is 9.53 Å². The number of hydrogen-bond donors (Lipinski definition) is 0. The highest BCUT2D eigenvalue weighted by Gasteiger charge is 2.39. The monoisotopic (exact) mass is 194 g/mol. The number of esters is 1. The summed E-state index contributed by atoms with van der Waals surface area (Å²) in [7, 11) is 0. The Bertz CT molecular complexity index is 283. The van der Waals surface area contributed by atoms with Gasteiger partial charge in [0.15, 0.2) is 0 Å². The molecule has 2 atom stereocenters. The van der Waals surface area contributed by atoms with E-state index in [0.29, 0.717) is 0 Å². The van der Waals surface area contributed by atoms with Crippen molar-refractivity contribution in [3.05, 3.63) is 11.6 Å². The highest BCUT2D eigenvalue weighted by atomic mass is 16.6. The summed E-state index contributed by atoms with van der Waals surface area (Å²) in [5.74, 6) is 0.779. The molecule has 2 heteroatoms. The van der Waals surface area contributed by atoms with Crippen molar-refractivity contribution in [2.24, 2.45) is 11.8 Å². The Balaban J connectivity index is 2.00. The molecule has 78 valence electrons. The summed E-state index contributed by atoms with van der Waals surface area (Å²) in [6.45, 7) is 5.77. The Morgan fingerprint density at radius 3 is 2.64 bits per heavy atom. The third-order valence-electron chi connectivity index (χ3n) is 2.95. The third-order valence-corrected chi connectivity index (χ3v) is 2.95. The van der Waals surface area contributed by atoms with Gasteiger partial charge in [-0.2, -0.15) is 0 Å². The van der Waals surface area contributed by atoms with Gasteiger partial charge in [-0.3, -0.25) is 4.79 Å². The maximum absolute atomic E-state index is 11.8. The van der Waals surface area contributed by atoms with Crippen molar-refractivity contribution < 1.29 is 9.53 Å². The van der Waals surface area contributed by atoms with Gasteiger partial charge in [0.25, 0.3) is 0 Å². The summed E-state index contributed by atoms with van der Waals surface area (Å²) in [6.07, 6.45) is 5.54. The van der Waals surface area contributed by atoms with Gasteiger partial charge >= 0.3 is 5.97 Å². The van der Waals surface area contributed by atoms with Crippen molar-refractivity contribution in [2.45, 2.75) is 45.6 Å². The first kappa shape index (κ1) is 9.75. The van der Waals surface area contributed by atoms with E-state index in [-0.39, 0.29) is 17.5 Å². The Morgan fingerprint density at radius 2 is 2.21 bits per heavy atom. The normalized spacial score (nSPS) is 30.4. The fourth-order valence-corrected chi connectivity index (χ4v) is 2.39. The predicted octanol–water partition coefficient (Wildman–Crippen LogP) is 2.68. The second-order valence-corrected chi connectivity index (χ2v) is 5.41. The van der Waals surface area contributed by atoms with E-state index in [1.165, 1.54) is 12.0 Å². The third kappa shape index (κ3) is 1.84. The number of rotatable bonds is 1. The van der Waals surface area contributed by atoms with E-state index in [1.54, 1.807) is 0 Å². The lowest BCUT2D eigenvalue weighted by atomic mass is 9.96. The summed E-state index contributed by atoms with van der Waals surface area (Å²) < 4.78 is 5.39. The largest absolute Gasteiger partial charge is 0.460 e. The van der Waals surface area contributed by atoms with Crippen molar-refractivity contribution in [2.75, 3.05) is 0 Å². The van der Waals surface area contributed by atoms with Crippen molar-refractivity contribution >= 4 is 5.97 Å². The zero-order valence-corrected chi connectivity index (χ0v) is 9.17. The average molecular weight is 194 g/mol. The molecule has 0 spiro atoms. The molecule has 0 heterocycles. The first-order valence-electron chi connectivity index (χ1n) is 5.37. The van der Waals surface area contributed by atoms with Crippen LogP contribution >= 0.6 is 0 Å². The number of carbonyl (C=O) groups is 1. The fraction of sp³-hybridized carbons (Fsp3) is 0.750. The lowest BCUT2D eigenvalue weighted by molar-refractivity contribution is -0.158. The van der Waals surface area contributed by atoms with Crippen molar-refractivity contribution in [1.82, 2.24) is 0 Å². The molecule has 0 N–H and O–H groups in total. The molecule has 0 aromatic rings. The van der Waals surface area contributed by atoms with Crippen LogP contribution in [0.15, 0.2) is 11.6 Å². The van der Waals surface area contributed by atoms with Crippen LogP contribution < -0.4 is 0 Å². The van der Waals surface area contributed by atoms with Crippen LogP contribution in [0.5, 0.6) is 0 Å². The van der Waals surface area contributed by atoms with E-state index in [1.807, 2.05) is 20.8 Å². The van der Waals surface area contributed by atoms with Crippen LogP contribution in [0.4, 0.5) is 0 Å². The molecule has 1 saturated carbocycles. The van der Waals surface area contributed by atoms with Gasteiger partial charge in [0.2, 0.25) is 0 Å². The van der Waals surface area contributed by atoms with Gasteiger partial charge in [-0.05, 0) is 46.0 Å². The molecule has 0 radical (unpaired) electrons. The molecule has 0 aromatic heterocycles. The second kappa shape index (κ2) is 3.11. The number of allylic oxidation sites excluding steroid dienone is 1. The topological polar surface area (TPSA) is 26.3 Å². The number of ether oxygens (including phenoxy) is 1. The molecular formula is C12H18O2. The molecule has 2 aliphatic carbocycles. The van der Waals surface area contributed by atoms with Gasteiger partial charge < -0.3 is 4.74 Å². The lowest BCUT2D eigenvalue weighted by Crippen LogP contribution is -2.28. The van der Waals surface area contributed by atoms with Gasteiger partial charge in [0, 0.05) is 0 Å². The fourth-order valence-electron chi connectivity index (χ4n) is 2.39. The van der Waals surface area contributed by atoms with Crippen molar-refractivity contribution in [3.63, 3.8) is 0 Å². The molecule has 14 heavy (non-hydrogen) atoms. The summed E-state index contributed by atoms with van der Waals surface area (Å²) in [5.41, 5.74) is 0.976. The Labute approximate surface area is 85.3 Å². The van der Waals surface area contributed by atoms with E-state index < -0.39 is 0 Å². The standard InChI is InChI=1S/C12H18O2/c1-12(2,3)14-11(13)10-7-8-4-5-9(10)6-8/h5,8,10H,4,6-7H2,1-3H3. The number of hydrogen-bond acceptors (Lipinski definition) is 2. The summed E-state index contributed by atoms with van der Waals surface area (Å²) in [4.78, 5) is 11.8. The smallest absolute Gasteiger partial charge is 0.313 e. The van der Waals surface area contributed by atoms with Crippen LogP contribution in [0.3, 0.4) is 0 Å². The van der Waals surface area contributed by atoms with Crippen molar-refractivity contribution in [1.29, 1.82) is 0 Å². The molecule has 2 aliphatic rings. The predicted molar refractivity (Wildman–Crippen MR) is 54.8 cm³/mol. The summed E-state index contributed by atoms with van der Waals surface area (Å²) >= 11 is 0. The van der Waals surface area contributed by atoms with Crippen LogP contribution in [-0.4, -0.2) is 11.6 Å². The molecule has 0 aliphatic heterocycles. The molecule has 2 bridgehead atoms. The maximum atomic E-state index is 11.8. The van der Waals surface area contributed by atoms with Crippen LogP contribution in [0.25, 0.3) is 0 Å². The Morgan fingerprint density at radius 1 is 1.50 bits per heavy atom. The van der Waals surface area contributed by atoms with E-state index >= 15 is 0 Å². The molecule has 0 saturated heterocycles. The highest BCUT2D eigenvalue weighted by Crippen LogP contribution is 2.44. The Hall–Kier alpha value is -0.790. The molecule has 1 fully saturated rings. The van der Waals surface area contributed by atoms with Crippen LogP contribution in [0, 0.1) is 11.8 Å². The minimum absolute atomic E-state index is 0.0223. The van der Waals surface area contributed by atoms with Gasteiger partial charge in [-0.15, -0.1) is 0 Å². The van der Waals surface area contributed by atoms with Gasteiger partial charge in [0.1, 0.15) is 5.60 Å². The SMILES string of the molecule is CC(C)(C)OC(=O)C1CC2CC=C1C2.